The van der Waals surface area contributed by atoms with Gasteiger partial charge in [-0.1, -0.05) is 30.3 Å². The summed E-state index contributed by atoms with van der Waals surface area (Å²) in [6.07, 6.45) is 0.868. The highest BCUT2D eigenvalue weighted by Gasteiger charge is 2.03. The van der Waals surface area contributed by atoms with Crippen LogP contribution in [0.2, 0.25) is 0 Å². The van der Waals surface area contributed by atoms with Crippen LogP contribution >= 0.6 is 24.0 Å². The molecule has 7 heteroatoms. The Bertz CT molecular complexity index is 708. The van der Waals surface area contributed by atoms with Gasteiger partial charge >= 0.3 is 0 Å². The Hall–Kier alpha value is -2.00. The zero-order valence-corrected chi connectivity index (χ0v) is 19.2. The van der Waals surface area contributed by atoms with Crippen molar-refractivity contribution in [2.75, 3.05) is 46.3 Å². The first-order valence-electron chi connectivity index (χ1n) is 9.15. The van der Waals surface area contributed by atoms with Gasteiger partial charge in [0.15, 0.2) is 5.96 Å². The standard InChI is InChI=1S/C21H30N4O2.HI/c1-22-21(24-13-12-18-6-4-5-7-20(18)27-3)25-16-17-8-10-19(11-9-17)23-14-15-26-2;/h4-11,23H,12-16H2,1-3H3,(H2,22,24,25);1H. The molecule has 0 spiro atoms. The second-order valence-electron chi connectivity index (χ2n) is 6.03. The van der Waals surface area contributed by atoms with Crippen LogP contribution in [0.5, 0.6) is 5.75 Å². The van der Waals surface area contributed by atoms with E-state index in [1.165, 1.54) is 11.1 Å². The number of hydrogen-bond acceptors (Lipinski definition) is 4. The van der Waals surface area contributed by atoms with E-state index in [1.54, 1.807) is 21.3 Å². The monoisotopic (exact) mass is 498 g/mol. The fourth-order valence-corrected chi connectivity index (χ4v) is 2.67. The SMILES string of the molecule is CN=C(NCCc1ccccc1OC)NCc1ccc(NCCOC)cc1.I. The molecule has 0 aliphatic heterocycles. The van der Waals surface area contributed by atoms with Gasteiger partial charge in [-0.3, -0.25) is 4.99 Å². The first-order chi connectivity index (χ1) is 13.3. The predicted molar refractivity (Wildman–Crippen MR) is 127 cm³/mol. The summed E-state index contributed by atoms with van der Waals surface area (Å²) >= 11 is 0. The third-order valence-electron chi connectivity index (χ3n) is 4.15. The fraction of sp³-hybridized carbons (Fsp3) is 0.381. The van der Waals surface area contributed by atoms with Gasteiger partial charge < -0.3 is 25.4 Å². The molecule has 3 N–H and O–H groups in total. The number of benzene rings is 2. The minimum Gasteiger partial charge on any atom is -0.496 e. The number of para-hydroxylation sites is 1. The molecule has 0 radical (unpaired) electrons. The van der Waals surface area contributed by atoms with Crippen LogP contribution in [0.3, 0.4) is 0 Å². The average molecular weight is 498 g/mol. The van der Waals surface area contributed by atoms with E-state index in [2.05, 4.69) is 51.3 Å². The van der Waals surface area contributed by atoms with Crippen molar-refractivity contribution in [1.82, 2.24) is 10.6 Å². The van der Waals surface area contributed by atoms with Gasteiger partial charge in [0.1, 0.15) is 5.75 Å². The summed E-state index contributed by atoms with van der Waals surface area (Å²) in [6, 6.07) is 16.4. The lowest BCUT2D eigenvalue weighted by Crippen LogP contribution is -2.37. The number of guanidine groups is 1. The molecule has 2 aromatic carbocycles. The van der Waals surface area contributed by atoms with Gasteiger partial charge in [0.05, 0.1) is 13.7 Å². The Morgan fingerprint density at radius 1 is 0.964 bits per heavy atom. The number of aliphatic imine (C=N–C) groups is 1. The number of ether oxygens (including phenoxy) is 2. The van der Waals surface area contributed by atoms with Gasteiger partial charge in [-0.25, -0.2) is 0 Å². The first-order valence-corrected chi connectivity index (χ1v) is 9.15. The fourth-order valence-electron chi connectivity index (χ4n) is 2.67. The largest absolute Gasteiger partial charge is 0.496 e. The summed E-state index contributed by atoms with van der Waals surface area (Å²) in [4.78, 5) is 4.28. The lowest BCUT2D eigenvalue weighted by molar-refractivity contribution is 0.211. The van der Waals surface area contributed by atoms with Crippen molar-refractivity contribution in [2.24, 2.45) is 4.99 Å². The van der Waals surface area contributed by atoms with Crippen LogP contribution in [0.25, 0.3) is 0 Å². The third kappa shape index (κ3) is 8.35. The van der Waals surface area contributed by atoms with E-state index in [0.717, 1.165) is 36.9 Å². The summed E-state index contributed by atoms with van der Waals surface area (Å²) in [5, 5.41) is 9.99. The van der Waals surface area contributed by atoms with E-state index in [9.17, 15) is 0 Å². The molecule has 0 aliphatic carbocycles. The maximum atomic E-state index is 5.39. The molecule has 0 saturated carbocycles. The quantitative estimate of drug-likeness (QED) is 0.203. The normalized spacial score (nSPS) is 10.8. The summed E-state index contributed by atoms with van der Waals surface area (Å²) in [5.41, 5.74) is 3.47. The van der Waals surface area contributed by atoms with Crippen molar-refractivity contribution in [3.8, 4) is 5.75 Å². The van der Waals surface area contributed by atoms with Crippen molar-refractivity contribution in [2.45, 2.75) is 13.0 Å². The van der Waals surface area contributed by atoms with Crippen LogP contribution in [0, 0.1) is 0 Å². The molecule has 0 heterocycles. The third-order valence-corrected chi connectivity index (χ3v) is 4.15. The van der Waals surface area contributed by atoms with Gasteiger partial charge in [-0.05, 0) is 35.7 Å². The molecule has 2 aromatic rings. The molecule has 6 nitrogen and oxygen atoms in total. The predicted octanol–water partition coefficient (Wildman–Crippen LogP) is 3.28. The topological polar surface area (TPSA) is 66.9 Å². The van der Waals surface area contributed by atoms with Gasteiger partial charge in [-0.15, -0.1) is 24.0 Å². The summed E-state index contributed by atoms with van der Waals surface area (Å²) in [5.74, 6) is 1.70. The molecule has 0 fully saturated rings. The van der Waals surface area contributed by atoms with Crippen molar-refractivity contribution >= 4 is 35.6 Å². The van der Waals surface area contributed by atoms with Crippen LogP contribution < -0.4 is 20.7 Å². The molecule has 2 rings (SSSR count). The number of halogens is 1. The highest BCUT2D eigenvalue weighted by atomic mass is 127. The number of nitrogens with one attached hydrogen (secondary N) is 3. The van der Waals surface area contributed by atoms with E-state index in [4.69, 9.17) is 9.47 Å². The van der Waals surface area contributed by atoms with Crippen LogP contribution in [0.15, 0.2) is 53.5 Å². The number of rotatable bonds is 10. The Morgan fingerprint density at radius 2 is 1.71 bits per heavy atom. The zero-order chi connectivity index (χ0) is 19.3. The van der Waals surface area contributed by atoms with Crippen molar-refractivity contribution in [1.29, 1.82) is 0 Å². The molecule has 0 unspecified atom stereocenters. The summed E-state index contributed by atoms with van der Waals surface area (Å²) in [7, 11) is 5.18. The molecule has 0 amide bonds. The average Bonchev–Trinajstić information content (AvgIpc) is 2.72. The Kier molecular flexibility index (Phi) is 12.1. The van der Waals surface area contributed by atoms with Crippen molar-refractivity contribution in [3.63, 3.8) is 0 Å². The van der Waals surface area contributed by atoms with Gasteiger partial charge in [0.2, 0.25) is 0 Å². The van der Waals surface area contributed by atoms with E-state index >= 15 is 0 Å². The molecule has 154 valence electrons. The molecule has 0 saturated heterocycles. The number of hydrogen-bond donors (Lipinski definition) is 3. The number of methoxy groups -OCH3 is 2. The number of nitrogens with zero attached hydrogens (tertiary/aromatic N) is 1. The van der Waals surface area contributed by atoms with Gasteiger partial charge in [0, 0.05) is 39.5 Å². The Balaban J connectivity index is 0.00000392. The minimum absolute atomic E-state index is 0. The minimum atomic E-state index is 0. The van der Waals surface area contributed by atoms with E-state index < -0.39 is 0 Å². The maximum absolute atomic E-state index is 5.39. The smallest absolute Gasteiger partial charge is 0.191 e. The van der Waals surface area contributed by atoms with E-state index in [0.29, 0.717) is 13.2 Å². The van der Waals surface area contributed by atoms with Crippen LogP contribution in [-0.4, -0.2) is 46.9 Å². The first kappa shape index (κ1) is 24.0. The maximum Gasteiger partial charge on any atom is 0.191 e. The lowest BCUT2D eigenvalue weighted by atomic mass is 10.1. The summed E-state index contributed by atoms with van der Waals surface area (Å²) < 4.78 is 10.4. The molecule has 0 aromatic heterocycles. The molecule has 0 atom stereocenters. The van der Waals surface area contributed by atoms with Crippen molar-refractivity contribution in [3.05, 3.63) is 59.7 Å². The highest BCUT2D eigenvalue weighted by molar-refractivity contribution is 14.0. The Morgan fingerprint density at radius 3 is 2.39 bits per heavy atom. The summed E-state index contributed by atoms with van der Waals surface area (Å²) in [6.45, 7) is 2.99. The van der Waals surface area contributed by atoms with Gasteiger partial charge in [-0.2, -0.15) is 0 Å². The highest BCUT2D eigenvalue weighted by Crippen LogP contribution is 2.17. The molecule has 0 aliphatic rings. The van der Waals surface area contributed by atoms with E-state index in [-0.39, 0.29) is 24.0 Å². The number of anilines is 1. The zero-order valence-electron chi connectivity index (χ0n) is 16.8. The molecule has 0 bridgehead atoms. The van der Waals surface area contributed by atoms with Crippen LogP contribution in [0.1, 0.15) is 11.1 Å². The second kappa shape index (κ2) is 14.1. The van der Waals surface area contributed by atoms with E-state index in [1.807, 2.05) is 18.2 Å². The second-order valence-corrected chi connectivity index (χ2v) is 6.03. The van der Waals surface area contributed by atoms with Crippen LogP contribution in [-0.2, 0) is 17.7 Å². The lowest BCUT2D eigenvalue weighted by Gasteiger charge is -2.13. The molecular formula is C21H31IN4O2. The molecule has 28 heavy (non-hydrogen) atoms. The van der Waals surface area contributed by atoms with Crippen molar-refractivity contribution < 1.29 is 9.47 Å². The van der Waals surface area contributed by atoms with Crippen LogP contribution in [0.4, 0.5) is 5.69 Å². The molecular weight excluding hydrogens is 467 g/mol. The van der Waals surface area contributed by atoms with Gasteiger partial charge in [0.25, 0.3) is 0 Å². The Labute approximate surface area is 185 Å².